The smallest absolute Gasteiger partial charge is 0.243 e. The third kappa shape index (κ3) is 6.09. The Balaban J connectivity index is 1.44. The van der Waals surface area contributed by atoms with Crippen molar-refractivity contribution in [1.82, 2.24) is 20.7 Å². The van der Waals surface area contributed by atoms with Gasteiger partial charge in [0, 0.05) is 34.2 Å². The van der Waals surface area contributed by atoms with Gasteiger partial charge in [0.05, 0.1) is 22.6 Å². The van der Waals surface area contributed by atoms with Gasteiger partial charge in [-0.05, 0) is 61.0 Å². The maximum Gasteiger partial charge on any atom is 0.243 e. The maximum atomic E-state index is 12.3. The van der Waals surface area contributed by atoms with Gasteiger partial charge in [0.15, 0.2) is 0 Å². The van der Waals surface area contributed by atoms with Crippen LogP contribution in [0.2, 0.25) is 0 Å². The van der Waals surface area contributed by atoms with Gasteiger partial charge in [-0.1, -0.05) is 30.0 Å². The number of H-pyrrole nitrogens is 1. The fourth-order valence-electron chi connectivity index (χ4n) is 3.31. The molecule has 0 bridgehead atoms. The zero-order chi connectivity index (χ0) is 23.8. The standard InChI is InChI=1S/C25H23N5O3S/c31-24(9-5-10-25(32)30-33)27-21-7-1-2-8-23(21)34-18-12-13-19-20(28-29-22(19)16-18)14-11-17-6-3-4-15-26-17/h1-4,6-8,11-16,33H,5,9-10H2,(H,27,31)(H,28,29)(H,30,32). The summed E-state index contributed by atoms with van der Waals surface area (Å²) in [5.74, 6) is -0.694. The van der Waals surface area contributed by atoms with Gasteiger partial charge in [0.1, 0.15) is 0 Å². The highest BCUT2D eigenvalue weighted by Gasteiger charge is 2.11. The summed E-state index contributed by atoms with van der Waals surface area (Å²) in [6.07, 6.45) is 6.23. The molecule has 0 fully saturated rings. The molecular formula is C25H23N5O3S. The van der Waals surface area contributed by atoms with Crippen LogP contribution in [0.15, 0.2) is 76.7 Å². The number of amides is 2. The van der Waals surface area contributed by atoms with Crippen molar-refractivity contribution in [2.75, 3.05) is 5.32 Å². The fraction of sp³-hybridized carbons (Fsp3) is 0.120. The number of aromatic amines is 1. The summed E-state index contributed by atoms with van der Waals surface area (Å²) >= 11 is 1.54. The molecule has 0 saturated heterocycles. The van der Waals surface area contributed by atoms with Crippen molar-refractivity contribution in [3.8, 4) is 0 Å². The minimum atomic E-state index is -0.506. The van der Waals surface area contributed by atoms with Crippen molar-refractivity contribution in [1.29, 1.82) is 0 Å². The number of carbonyl (C=O) groups excluding carboxylic acids is 2. The van der Waals surface area contributed by atoms with Crippen LogP contribution in [0.1, 0.15) is 30.7 Å². The molecule has 0 aliphatic carbocycles. The normalized spacial score (nSPS) is 11.1. The Morgan fingerprint density at radius 3 is 2.65 bits per heavy atom. The van der Waals surface area contributed by atoms with E-state index in [1.54, 1.807) is 11.7 Å². The van der Waals surface area contributed by atoms with Crippen LogP contribution in [0.3, 0.4) is 0 Å². The highest BCUT2D eigenvalue weighted by atomic mass is 32.2. The number of pyridine rings is 1. The lowest BCUT2D eigenvalue weighted by Crippen LogP contribution is -2.19. The van der Waals surface area contributed by atoms with Crippen LogP contribution < -0.4 is 10.8 Å². The molecule has 0 atom stereocenters. The van der Waals surface area contributed by atoms with Gasteiger partial charge in [-0.2, -0.15) is 5.10 Å². The molecule has 4 aromatic rings. The molecule has 2 aromatic carbocycles. The summed E-state index contributed by atoms with van der Waals surface area (Å²) < 4.78 is 0. The Morgan fingerprint density at radius 2 is 1.82 bits per heavy atom. The molecule has 0 radical (unpaired) electrons. The third-order valence-electron chi connectivity index (χ3n) is 4.98. The maximum absolute atomic E-state index is 12.3. The Labute approximate surface area is 200 Å². The predicted molar refractivity (Wildman–Crippen MR) is 132 cm³/mol. The molecule has 0 spiro atoms. The number of carbonyl (C=O) groups is 2. The number of anilines is 1. The van der Waals surface area contributed by atoms with E-state index in [4.69, 9.17) is 5.21 Å². The van der Waals surface area contributed by atoms with E-state index in [0.29, 0.717) is 12.1 Å². The summed E-state index contributed by atoms with van der Waals surface area (Å²) in [5, 5.41) is 19.9. The first kappa shape index (κ1) is 23.2. The van der Waals surface area contributed by atoms with Gasteiger partial charge in [0.2, 0.25) is 11.8 Å². The molecule has 0 saturated carbocycles. The van der Waals surface area contributed by atoms with E-state index in [2.05, 4.69) is 20.5 Å². The number of fused-ring (bicyclic) bond motifs is 1. The molecule has 0 unspecified atom stereocenters. The number of rotatable bonds is 9. The molecule has 0 aliphatic heterocycles. The minimum absolute atomic E-state index is 0.0869. The number of nitrogens with one attached hydrogen (secondary N) is 3. The van der Waals surface area contributed by atoms with Crippen LogP contribution in [0.4, 0.5) is 5.69 Å². The summed E-state index contributed by atoms with van der Waals surface area (Å²) in [5.41, 5.74) is 4.87. The van der Waals surface area contributed by atoms with E-state index in [0.717, 1.165) is 32.1 Å². The van der Waals surface area contributed by atoms with E-state index >= 15 is 0 Å². The first-order valence-electron chi connectivity index (χ1n) is 10.7. The van der Waals surface area contributed by atoms with Gasteiger partial charge < -0.3 is 5.32 Å². The summed E-state index contributed by atoms with van der Waals surface area (Å²) in [6.45, 7) is 0. The van der Waals surface area contributed by atoms with Crippen LogP contribution >= 0.6 is 11.8 Å². The Kier molecular flexibility index (Phi) is 7.69. The van der Waals surface area contributed by atoms with Crippen molar-refractivity contribution >= 4 is 52.3 Å². The van der Waals surface area contributed by atoms with Gasteiger partial charge in [-0.3, -0.25) is 24.9 Å². The number of benzene rings is 2. The number of para-hydroxylation sites is 1. The van der Waals surface area contributed by atoms with E-state index in [9.17, 15) is 9.59 Å². The molecule has 0 aliphatic rings. The number of nitrogens with zero attached hydrogens (tertiary/aromatic N) is 2. The van der Waals surface area contributed by atoms with Crippen molar-refractivity contribution < 1.29 is 14.8 Å². The van der Waals surface area contributed by atoms with E-state index in [1.165, 1.54) is 11.8 Å². The lowest BCUT2D eigenvalue weighted by molar-refractivity contribution is -0.129. The number of aromatic nitrogens is 3. The molecule has 8 nitrogen and oxygen atoms in total. The predicted octanol–water partition coefficient (Wildman–Crippen LogP) is 4.89. The van der Waals surface area contributed by atoms with E-state index in [-0.39, 0.29) is 18.7 Å². The Morgan fingerprint density at radius 1 is 1.00 bits per heavy atom. The molecule has 4 N–H and O–H groups in total. The fourth-order valence-corrected chi connectivity index (χ4v) is 4.26. The van der Waals surface area contributed by atoms with Crippen LogP contribution in [0.25, 0.3) is 23.1 Å². The molecule has 34 heavy (non-hydrogen) atoms. The average molecular weight is 474 g/mol. The SMILES string of the molecule is O=C(CCCC(=O)Nc1ccccc1Sc1ccc2c(C=Cc3ccccn3)n[nH]c2c1)NO. The van der Waals surface area contributed by atoms with Crippen molar-refractivity contribution in [3.05, 3.63) is 78.2 Å². The van der Waals surface area contributed by atoms with Crippen LogP contribution in [0.5, 0.6) is 0 Å². The minimum Gasteiger partial charge on any atom is -0.325 e. The van der Waals surface area contributed by atoms with Crippen molar-refractivity contribution in [3.63, 3.8) is 0 Å². The third-order valence-corrected chi connectivity index (χ3v) is 6.05. The zero-order valence-corrected chi connectivity index (χ0v) is 19.0. The number of hydrogen-bond acceptors (Lipinski definition) is 6. The van der Waals surface area contributed by atoms with Crippen LogP contribution in [-0.4, -0.2) is 32.2 Å². The van der Waals surface area contributed by atoms with Crippen LogP contribution in [-0.2, 0) is 9.59 Å². The molecule has 4 rings (SSSR count). The largest absolute Gasteiger partial charge is 0.325 e. The number of hydroxylamine groups is 1. The second-order valence-electron chi connectivity index (χ2n) is 7.44. The first-order chi connectivity index (χ1) is 16.6. The first-order valence-corrected chi connectivity index (χ1v) is 11.5. The topological polar surface area (TPSA) is 120 Å². The Hall–Kier alpha value is -3.95. The lowest BCUT2D eigenvalue weighted by Gasteiger charge is -2.11. The van der Waals surface area contributed by atoms with Crippen LogP contribution in [0, 0.1) is 0 Å². The summed E-state index contributed by atoms with van der Waals surface area (Å²) in [4.78, 5) is 29.6. The molecule has 2 aromatic heterocycles. The lowest BCUT2D eigenvalue weighted by atomic mass is 10.2. The van der Waals surface area contributed by atoms with Crippen molar-refractivity contribution in [2.45, 2.75) is 29.1 Å². The molecule has 2 amide bonds. The van der Waals surface area contributed by atoms with Gasteiger partial charge in [-0.25, -0.2) is 5.48 Å². The highest BCUT2D eigenvalue weighted by Crippen LogP contribution is 2.35. The molecule has 172 valence electrons. The van der Waals surface area contributed by atoms with E-state index < -0.39 is 5.91 Å². The summed E-state index contributed by atoms with van der Waals surface area (Å²) in [7, 11) is 0. The summed E-state index contributed by atoms with van der Waals surface area (Å²) in [6, 6.07) is 19.4. The monoisotopic (exact) mass is 473 g/mol. The van der Waals surface area contributed by atoms with Crippen molar-refractivity contribution in [2.24, 2.45) is 0 Å². The second kappa shape index (κ2) is 11.3. The number of hydrogen-bond donors (Lipinski definition) is 4. The van der Waals surface area contributed by atoms with Gasteiger partial charge in [0.25, 0.3) is 0 Å². The van der Waals surface area contributed by atoms with Gasteiger partial charge >= 0.3 is 0 Å². The van der Waals surface area contributed by atoms with Gasteiger partial charge in [-0.15, -0.1) is 0 Å². The molecule has 2 heterocycles. The second-order valence-corrected chi connectivity index (χ2v) is 8.55. The molecule has 9 heteroatoms. The average Bonchev–Trinajstić information content (AvgIpc) is 3.26. The highest BCUT2D eigenvalue weighted by molar-refractivity contribution is 7.99. The quantitative estimate of drug-likeness (QED) is 0.203. The molecular weight excluding hydrogens is 450 g/mol. The van der Waals surface area contributed by atoms with E-state index in [1.807, 2.05) is 72.8 Å². The Bertz CT molecular complexity index is 1320. The zero-order valence-electron chi connectivity index (χ0n) is 18.2.